The van der Waals surface area contributed by atoms with Crippen LogP contribution in [-0.4, -0.2) is 36.4 Å². The molecule has 0 amide bonds. The van der Waals surface area contributed by atoms with Crippen molar-refractivity contribution in [3.63, 3.8) is 0 Å². The van der Waals surface area contributed by atoms with E-state index >= 15 is 0 Å². The summed E-state index contributed by atoms with van der Waals surface area (Å²) in [6.45, 7) is 6.77. The van der Waals surface area contributed by atoms with Gasteiger partial charge in [0.1, 0.15) is 17.2 Å². The smallest absolute Gasteiger partial charge is 0.153 e. The fraction of sp³-hybridized carbons (Fsp3) is 0.375. The van der Waals surface area contributed by atoms with Gasteiger partial charge in [-0.05, 0) is 63.4 Å². The highest BCUT2D eigenvalue weighted by Gasteiger charge is 2.28. The molecule has 4 heterocycles. The van der Waals surface area contributed by atoms with Gasteiger partial charge in [-0.3, -0.25) is 4.68 Å². The third kappa shape index (κ3) is 3.38. The Morgan fingerprint density at radius 1 is 1.06 bits per heavy atom. The second-order valence-electron chi connectivity index (χ2n) is 8.65. The Hall–Kier alpha value is -3.22. The predicted molar refractivity (Wildman–Crippen MR) is 121 cm³/mol. The van der Waals surface area contributed by atoms with Gasteiger partial charge in [-0.1, -0.05) is 6.07 Å². The van der Waals surface area contributed by atoms with Crippen LogP contribution in [0.1, 0.15) is 37.9 Å². The SMILES string of the molecule is Cc1ccc2c(nc(-c3ccc(N4[C@@H](C)CC[C@@H]4C)nc3)n2Cc2ccn(C)n2)c1F. The van der Waals surface area contributed by atoms with Crippen LogP contribution >= 0.6 is 0 Å². The summed E-state index contributed by atoms with van der Waals surface area (Å²) in [4.78, 5) is 11.8. The minimum absolute atomic E-state index is 0.275. The number of aromatic nitrogens is 5. The number of fused-ring (bicyclic) bond motifs is 1. The average molecular weight is 419 g/mol. The van der Waals surface area contributed by atoms with Crippen molar-refractivity contribution in [2.24, 2.45) is 7.05 Å². The van der Waals surface area contributed by atoms with Crippen molar-refractivity contribution in [2.45, 2.75) is 52.2 Å². The van der Waals surface area contributed by atoms with E-state index in [-0.39, 0.29) is 5.82 Å². The molecule has 31 heavy (non-hydrogen) atoms. The molecule has 2 atom stereocenters. The Morgan fingerprint density at radius 3 is 2.48 bits per heavy atom. The van der Waals surface area contributed by atoms with Crippen LogP contribution in [0.3, 0.4) is 0 Å². The molecule has 1 aliphatic rings. The molecule has 1 aromatic carbocycles. The molecule has 160 valence electrons. The number of benzene rings is 1. The van der Waals surface area contributed by atoms with Gasteiger partial charge in [-0.25, -0.2) is 14.4 Å². The van der Waals surface area contributed by atoms with E-state index in [0.29, 0.717) is 35.5 Å². The highest BCUT2D eigenvalue weighted by Crippen LogP contribution is 2.32. The lowest BCUT2D eigenvalue weighted by Crippen LogP contribution is -2.33. The molecule has 5 rings (SSSR count). The van der Waals surface area contributed by atoms with Crippen LogP contribution in [0.15, 0.2) is 42.7 Å². The summed E-state index contributed by atoms with van der Waals surface area (Å²) >= 11 is 0. The third-order valence-electron chi connectivity index (χ3n) is 6.36. The van der Waals surface area contributed by atoms with Gasteiger partial charge in [0.2, 0.25) is 0 Å². The number of hydrogen-bond donors (Lipinski definition) is 0. The van der Waals surface area contributed by atoms with Crippen molar-refractivity contribution >= 4 is 16.9 Å². The molecule has 0 N–H and O–H groups in total. The molecular formula is C24H27FN6. The highest BCUT2D eigenvalue weighted by atomic mass is 19.1. The fourth-order valence-corrected chi connectivity index (χ4v) is 4.67. The second-order valence-corrected chi connectivity index (χ2v) is 8.65. The van der Waals surface area contributed by atoms with Crippen LogP contribution in [0.5, 0.6) is 0 Å². The molecule has 6 nitrogen and oxygen atoms in total. The maximum Gasteiger partial charge on any atom is 0.153 e. The van der Waals surface area contributed by atoms with E-state index in [9.17, 15) is 4.39 Å². The van der Waals surface area contributed by atoms with E-state index in [1.807, 2.05) is 42.2 Å². The lowest BCUT2D eigenvalue weighted by atomic mass is 10.2. The van der Waals surface area contributed by atoms with Gasteiger partial charge in [0.25, 0.3) is 0 Å². The van der Waals surface area contributed by atoms with E-state index < -0.39 is 0 Å². The number of rotatable bonds is 4. The van der Waals surface area contributed by atoms with Crippen LogP contribution in [0.4, 0.5) is 10.2 Å². The normalized spacial score (nSPS) is 18.9. The average Bonchev–Trinajstić information content (AvgIpc) is 3.43. The molecule has 0 bridgehead atoms. The van der Waals surface area contributed by atoms with Crippen molar-refractivity contribution in [1.82, 2.24) is 24.3 Å². The number of anilines is 1. The minimum atomic E-state index is -0.275. The van der Waals surface area contributed by atoms with Gasteiger partial charge < -0.3 is 9.47 Å². The van der Waals surface area contributed by atoms with E-state index in [1.165, 1.54) is 12.8 Å². The van der Waals surface area contributed by atoms with Gasteiger partial charge >= 0.3 is 0 Å². The molecule has 4 aromatic rings. The number of nitrogens with zero attached hydrogens (tertiary/aromatic N) is 6. The van der Waals surface area contributed by atoms with Crippen LogP contribution < -0.4 is 4.90 Å². The molecule has 1 saturated heterocycles. The van der Waals surface area contributed by atoms with Crippen LogP contribution in [-0.2, 0) is 13.6 Å². The van der Waals surface area contributed by atoms with Gasteiger partial charge in [-0.2, -0.15) is 5.10 Å². The van der Waals surface area contributed by atoms with E-state index in [1.54, 1.807) is 17.7 Å². The first-order valence-electron chi connectivity index (χ1n) is 10.8. The van der Waals surface area contributed by atoms with Gasteiger partial charge in [0, 0.05) is 37.1 Å². The molecule has 3 aromatic heterocycles. The van der Waals surface area contributed by atoms with Crippen molar-refractivity contribution < 1.29 is 4.39 Å². The highest BCUT2D eigenvalue weighted by molar-refractivity contribution is 5.82. The van der Waals surface area contributed by atoms with Crippen molar-refractivity contribution in [1.29, 1.82) is 0 Å². The topological polar surface area (TPSA) is 51.8 Å². The Labute approximate surface area is 181 Å². The summed E-state index contributed by atoms with van der Waals surface area (Å²) in [5.41, 5.74) is 3.50. The largest absolute Gasteiger partial charge is 0.351 e. The fourth-order valence-electron chi connectivity index (χ4n) is 4.67. The minimum Gasteiger partial charge on any atom is -0.351 e. The van der Waals surface area contributed by atoms with E-state index in [0.717, 1.165) is 22.6 Å². The monoisotopic (exact) mass is 418 g/mol. The Balaban J connectivity index is 1.60. The van der Waals surface area contributed by atoms with Crippen LogP contribution in [0.25, 0.3) is 22.4 Å². The maximum atomic E-state index is 14.9. The summed E-state index contributed by atoms with van der Waals surface area (Å²) in [5, 5.41) is 4.50. The second kappa shape index (κ2) is 7.48. The first kappa shape index (κ1) is 19.7. The lowest BCUT2D eigenvalue weighted by Gasteiger charge is -2.27. The summed E-state index contributed by atoms with van der Waals surface area (Å²) < 4.78 is 18.7. The number of halogens is 1. The van der Waals surface area contributed by atoms with Gasteiger partial charge in [0.15, 0.2) is 5.82 Å². The predicted octanol–water partition coefficient (Wildman–Crippen LogP) is 4.70. The van der Waals surface area contributed by atoms with E-state index in [2.05, 4.69) is 29.9 Å². The number of imidazole rings is 1. The molecule has 0 saturated carbocycles. The molecular weight excluding hydrogens is 391 g/mol. The van der Waals surface area contributed by atoms with Gasteiger partial charge in [-0.15, -0.1) is 0 Å². The van der Waals surface area contributed by atoms with Crippen LogP contribution in [0.2, 0.25) is 0 Å². The zero-order chi connectivity index (χ0) is 21.7. The molecule has 0 unspecified atom stereocenters. The molecule has 1 fully saturated rings. The number of hydrogen-bond acceptors (Lipinski definition) is 4. The summed E-state index contributed by atoms with van der Waals surface area (Å²) in [7, 11) is 1.89. The summed E-state index contributed by atoms with van der Waals surface area (Å²) in [6, 6.07) is 10.8. The van der Waals surface area contributed by atoms with Crippen molar-refractivity contribution in [3.05, 3.63) is 59.8 Å². The molecule has 0 aliphatic carbocycles. The molecule has 0 radical (unpaired) electrons. The first-order chi connectivity index (χ1) is 14.9. The molecule has 0 spiro atoms. The third-order valence-corrected chi connectivity index (χ3v) is 6.36. The van der Waals surface area contributed by atoms with Crippen molar-refractivity contribution in [3.8, 4) is 11.4 Å². The van der Waals surface area contributed by atoms with Gasteiger partial charge in [0.05, 0.1) is 17.8 Å². The Kier molecular flexibility index (Phi) is 4.76. The Bertz CT molecular complexity index is 1230. The van der Waals surface area contributed by atoms with E-state index in [4.69, 9.17) is 9.97 Å². The first-order valence-corrected chi connectivity index (χ1v) is 10.8. The summed E-state index contributed by atoms with van der Waals surface area (Å²) in [6.07, 6.45) is 6.13. The maximum absolute atomic E-state index is 14.9. The number of pyridine rings is 1. The molecule has 1 aliphatic heterocycles. The standard InChI is InChI=1S/C24H27FN6/c1-15-5-9-20-23(22(15)25)27-24(30(20)14-19-11-12-29(4)28-19)18-8-10-21(26-13-18)31-16(2)6-7-17(31)3/h5,8-13,16-17H,6-7,14H2,1-4H3/t16-,17-/m0/s1. The quantitative estimate of drug-likeness (QED) is 0.482. The Morgan fingerprint density at radius 2 is 1.84 bits per heavy atom. The zero-order valence-electron chi connectivity index (χ0n) is 18.4. The van der Waals surface area contributed by atoms with Crippen molar-refractivity contribution in [2.75, 3.05) is 4.90 Å². The zero-order valence-corrected chi connectivity index (χ0v) is 18.4. The molecule has 7 heteroatoms. The van der Waals surface area contributed by atoms with Crippen LogP contribution in [0, 0.1) is 12.7 Å². The lowest BCUT2D eigenvalue weighted by molar-refractivity contribution is 0.628. The number of aryl methyl sites for hydroxylation is 2. The summed E-state index contributed by atoms with van der Waals surface area (Å²) in [5.74, 6) is 1.41.